The van der Waals surface area contributed by atoms with Gasteiger partial charge in [-0.2, -0.15) is 0 Å². The molecule has 1 heterocycles. The minimum Gasteiger partial charge on any atom is -0.494 e. The van der Waals surface area contributed by atoms with Crippen LogP contribution in [0.2, 0.25) is 0 Å². The van der Waals surface area contributed by atoms with Crippen LogP contribution in [-0.2, 0) is 6.61 Å². The molecule has 3 aromatic rings. The second kappa shape index (κ2) is 8.62. The van der Waals surface area contributed by atoms with Crippen molar-refractivity contribution in [1.82, 2.24) is 0 Å². The van der Waals surface area contributed by atoms with Crippen LogP contribution in [0.15, 0.2) is 72.8 Å². The van der Waals surface area contributed by atoms with Crippen molar-refractivity contribution in [3.05, 3.63) is 105 Å². The molecule has 1 N–H and O–H groups in total. The molecule has 0 radical (unpaired) electrons. The van der Waals surface area contributed by atoms with Gasteiger partial charge in [-0.15, -0.1) is 0 Å². The van der Waals surface area contributed by atoms with Gasteiger partial charge in [-0.25, -0.2) is 0 Å². The zero-order valence-electron chi connectivity index (χ0n) is 18.7. The van der Waals surface area contributed by atoms with Gasteiger partial charge in [0.05, 0.1) is 29.8 Å². The number of fused-ring (bicyclic) bond motifs is 3. The molecule has 0 aromatic heterocycles. The summed E-state index contributed by atoms with van der Waals surface area (Å²) in [7, 11) is 1.55. The first-order chi connectivity index (χ1) is 16.0. The van der Waals surface area contributed by atoms with Crippen molar-refractivity contribution >= 4 is 11.4 Å². The van der Waals surface area contributed by atoms with Crippen molar-refractivity contribution < 1.29 is 14.4 Å². The first kappa shape index (κ1) is 21.1. The van der Waals surface area contributed by atoms with Crippen molar-refractivity contribution in [2.45, 2.75) is 31.9 Å². The fourth-order valence-corrected chi connectivity index (χ4v) is 4.87. The molecule has 1 aliphatic carbocycles. The van der Waals surface area contributed by atoms with E-state index in [0.717, 1.165) is 34.5 Å². The van der Waals surface area contributed by atoms with Gasteiger partial charge >= 0.3 is 0 Å². The molecule has 6 nitrogen and oxygen atoms in total. The predicted molar refractivity (Wildman–Crippen MR) is 128 cm³/mol. The summed E-state index contributed by atoms with van der Waals surface area (Å²) in [5.41, 5.74) is 5.34. The van der Waals surface area contributed by atoms with Gasteiger partial charge in [-0.1, -0.05) is 54.1 Å². The summed E-state index contributed by atoms with van der Waals surface area (Å²) in [4.78, 5) is 11.1. The Labute approximate surface area is 193 Å². The molecule has 0 spiro atoms. The predicted octanol–water partition coefficient (Wildman–Crippen LogP) is 6.32. The number of nitro groups is 1. The molecule has 0 saturated heterocycles. The Morgan fingerprint density at radius 2 is 1.85 bits per heavy atom. The molecule has 0 unspecified atom stereocenters. The number of benzene rings is 3. The number of aryl methyl sites for hydroxylation is 1. The number of nitro benzene ring substituents is 1. The number of ether oxygens (including phenoxy) is 2. The highest BCUT2D eigenvalue weighted by molar-refractivity contribution is 5.71. The summed E-state index contributed by atoms with van der Waals surface area (Å²) >= 11 is 0. The highest BCUT2D eigenvalue weighted by atomic mass is 16.6. The molecule has 168 valence electrons. The first-order valence-electron chi connectivity index (χ1n) is 11.1. The lowest BCUT2D eigenvalue weighted by Gasteiger charge is -2.38. The normalized spacial score (nSPS) is 20.5. The van der Waals surface area contributed by atoms with Crippen molar-refractivity contribution in [1.29, 1.82) is 0 Å². The van der Waals surface area contributed by atoms with E-state index in [1.165, 1.54) is 11.6 Å². The van der Waals surface area contributed by atoms with E-state index in [4.69, 9.17) is 9.47 Å². The van der Waals surface area contributed by atoms with Crippen LogP contribution in [0.5, 0.6) is 11.5 Å². The zero-order chi connectivity index (χ0) is 22.9. The summed E-state index contributed by atoms with van der Waals surface area (Å²) in [6.07, 6.45) is 5.25. The lowest BCUT2D eigenvalue weighted by molar-refractivity contribution is -0.385. The van der Waals surface area contributed by atoms with Gasteiger partial charge in [-0.05, 0) is 48.1 Å². The number of hydrogen-bond donors (Lipinski definition) is 1. The maximum atomic E-state index is 11.4. The largest absolute Gasteiger partial charge is 0.494 e. The molecule has 33 heavy (non-hydrogen) atoms. The average molecular weight is 443 g/mol. The van der Waals surface area contributed by atoms with E-state index in [9.17, 15) is 10.1 Å². The van der Waals surface area contributed by atoms with Crippen LogP contribution in [0.3, 0.4) is 0 Å². The number of hydrogen-bond acceptors (Lipinski definition) is 5. The van der Waals surface area contributed by atoms with Crippen molar-refractivity contribution in [2.24, 2.45) is 5.92 Å². The fraction of sp³-hybridized carbons (Fsp3) is 0.259. The van der Waals surface area contributed by atoms with E-state index in [2.05, 4.69) is 60.8 Å². The van der Waals surface area contributed by atoms with E-state index in [1.54, 1.807) is 13.2 Å². The van der Waals surface area contributed by atoms with Crippen LogP contribution in [0.25, 0.3) is 0 Å². The average Bonchev–Trinajstić information content (AvgIpc) is 3.33. The Morgan fingerprint density at radius 3 is 2.55 bits per heavy atom. The van der Waals surface area contributed by atoms with Gasteiger partial charge in [0, 0.05) is 12.0 Å². The molecule has 0 fully saturated rings. The lowest BCUT2D eigenvalue weighted by atomic mass is 9.76. The smallest absolute Gasteiger partial charge is 0.273 e. The van der Waals surface area contributed by atoms with Crippen LogP contribution in [0, 0.1) is 23.0 Å². The number of non-ortho nitro benzene ring substituents is 1. The Balaban J connectivity index is 1.39. The maximum Gasteiger partial charge on any atom is 0.273 e. The summed E-state index contributed by atoms with van der Waals surface area (Å²) < 4.78 is 11.5. The standard InChI is InChI=1S/C27H26N2O4/c1-17-6-8-18(9-7-17)16-33-21-12-10-19(11-13-21)26-23-5-3-4-22(23)24-14-20(29(30)31)15-25(32-2)27(24)28-26/h3-4,6-15,22-23,26,28H,5,16H2,1-2H3/t22-,23+,26-/m1/s1. The Kier molecular flexibility index (Phi) is 5.50. The number of nitrogens with one attached hydrogen (secondary N) is 1. The number of anilines is 1. The van der Waals surface area contributed by atoms with E-state index in [1.807, 2.05) is 12.1 Å². The van der Waals surface area contributed by atoms with Crippen LogP contribution in [0.4, 0.5) is 11.4 Å². The third kappa shape index (κ3) is 4.04. The highest BCUT2D eigenvalue weighted by Crippen LogP contribution is 2.53. The fourth-order valence-electron chi connectivity index (χ4n) is 4.87. The minimum atomic E-state index is -0.363. The SMILES string of the molecule is COc1cc([N+](=O)[O-])cc2c1N[C@H](c1ccc(OCc3ccc(C)cc3)cc1)[C@H]1CC=C[C@@H]21. The zero-order valence-corrected chi connectivity index (χ0v) is 18.7. The van der Waals surface area contributed by atoms with Crippen molar-refractivity contribution in [2.75, 3.05) is 12.4 Å². The Morgan fingerprint density at radius 1 is 1.09 bits per heavy atom. The van der Waals surface area contributed by atoms with Gasteiger partial charge in [0.1, 0.15) is 18.1 Å². The van der Waals surface area contributed by atoms with Crippen molar-refractivity contribution in [3.8, 4) is 11.5 Å². The minimum absolute atomic E-state index is 0.0555. The van der Waals surface area contributed by atoms with Crippen LogP contribution < -0.4 is 14.8 Å². The lowest BCUT2D eigenvalue weighted by Crippen LogP contribution is -2.29. The van der Waals surface area contributed by atoms with E-state index in [0.29, 0.717) is 12.4 Å². The topological polar surface area (TPSA) is 73.6 Å². The van der Waals surface area contributed by atoms with Crippen LogP contribution in [0.1, 0.15) is 40.6 Å². The third-order valence-electron chi connectivity index (χ3n) is 6.61. The van der Waals surface area contributed by atoms with Gasteiger partial charge in [0.2, 0.25) is 0 Å². The molecular weight excluding hydrogens is 416 g/mol. The number of rotatable bonds is 6. The molecule has 0 saturated carbocycles. The maximum absolute atomic E-state index is 11.4. The van der Waals surface area contributed by atoms with Crippen molar-refractivity contribution in [3.63, 3.8) is 0 Å². The molecular formula is C27H26N2O4. The Hall–Kier alpha value is -3.80. The third-order valence-corrected chi connectivity index (χ3v) is 6.61. The summed E-state index contributed by atoms with van der Waals surface area (Å²) in [5.74, 6) is 1.71. The monoisotopic (exact) mass is 442 g/mol. The molecule has 6 heteroatoms. The molecule has 1 aliphatic heterocycles. The van der Waals surface area contributed by atoms with E-state index >= 15 is 0 Å². The van der Waals surface area contributed by atoms with Gasteiger partial charge < -0.3 is 14.8 Å². The van der Waals surface area contributed by atoms with Crippen LogP contribution in [-0.4, -0.2) is 12.0 Å². The number of methoxy groups -OCH3 is 1. The van der Waals surface area contributed by atoms with Gasteiger partial charge in [0.15, 0.2) is 0 Å². The summed E-state index contributed by atoms with van der Waals surface area (Å²) in [6.45, 7) is 2.60. The van der Waals surface area contributed by atoms with E-state index < -0.39 is 0 Å². The summed E-state index contributed by atoms with van der Waals surface area (Å²) in [5, 5.41) is 15.0. The quantitative estimate of drug-likeness (QED) is 0.275. The molecule has 3 atom stereocenters. The second-order valence-electron chi connectivity index (χ2n) is 8.69. The van der Waals surface area contributed by atoms with Gasteiger partial charge in [0.25, 0.3) is 5.69 Å². The van der Waals surface area contributed by atoms with Crippen LogP contribution >= 0.6 is 0 Å². The molecule has 5 rings (SSSR count). The van der Waals surface area contributed by atoms with Gasteiger partial charge in [-0.3, -0.25) is 10.1 Å². The number of allylic oxidation sites excluding steroid dienone is 2. The number of nitrogens with zero attached hydrogens (tertiary/aromatic N) is 1. The second-order valence-corrected chi connectivity index (χ2v) is 8.69. The first-order valence-corrected chi connectivity index (χ1v) is 11.1. The molecule has 0 bridgehead atoms. The molecule has 2 aliphatic rings. The molecule has 0 amide bonds. The van der Waals surface area contributed by atoms with E-state index in [-0.39, 0.29) is 28.5 Å². The molecule has 3 aromatic carbocycles. The Bertz CT molecular complexity index is 1200. The summed E-state index contributed by atoms with van der Waals surface area (Å²) in [6, 6.07) is 19.8. The highest BCUT2D eigenvalue weighted by Gasteiger charge is 2.40.